The van der Waals surface area contributed by atoms with Gasteiger partial charge in [0, 0.05) is 17.3 Å². The van der Waals surface area contributed by atoms with E-state index in [-0.39, 0.29) is 30.8 Å². The second kappa shape index (κ2) is 8.64. The molecule has 0 bridgehead atoms. The summed E-state index contributed by atoms with van der Waals surface area (Å²) in [5, 5.41) is 8.57. The quantitative estimate of drug-likeness (QED) is 0.778. The van der Waals surface area contributed by atoms with Gasteiger partial charge in [-0.3, -0.25) is 9.59 Å². The van der Waals surface area contributed by atoms with E-state index in [9.17, 15) is 9.59 Å². The molecule has 1 aromatic rings. The summed E-state index contributed by atoms with van der Waals surface area (Å²) in [7, 11) is 1.72. The van der Waals surface area contributed by atoms with Crippen LogP contribution in [0.1, 0.15) is 36.0 Å². The average molecular weight is 312 g/mol. The van der Waals surface area contributed by atoms with Crippen molar-refractivity contribution in [3.05, 3.63) is 29.8 Å². The number of hydrogen-bond acceptors (Lipinski definition) is 3. The molecule has 0 aromatic heterocycles. The molecule has 1 saturated carbocycles. The fourth-order valence-electron chi connectivity index (χ4n) is 2.41. The largest absolute Gasteiger partial charge is 0.349 e. The first-order valence-electron chi connectivity index (χ1n) is 7.04. The van der Waals surface area contributed by atoms with E-state index in [1.165, 1.54) is 12.8 Å². The van der Waals surface area contributed by atoms with Crippen molar-refractivity contribution in [2.45, 2.75) is 31.7 Å². The van der Waals surface area contributed by atoms with E-state index < -0.39 is 0 Å². The number of amides is 2. The van der Waals surface area contributed by atoms with Crippen LogP contribution in [-0.2, 0) is 4.79 Å². The number of likely N-dealkylation sites (N-methyl/N-ethyl adjacent to an activating group) is 1. The lowest BCUT2D eigenvalue weighted by Gasteiger charge is -2.12. The molecule has 1 fully saturated rings. The molecule has 0 atom stereocenters. The van der Waals surface area contributed by atoms with Crippen LogP contribution in [0.2, 0.25) is 0 Å². The molecule has 1 aliphatic rings. The maximum atomic E-state index is 12.0. The molecule has 21 heavy (non-hydrogen) atoms. The van der Waals surface area contributed by atoms with Gasteiger partial charge in [0.1, 0.15) is 0 Å². The lowest BCUT2D eigenvalue weighted by atomic mass is 10.1. The van der Waals surface area contributed by atoms with Crippen LogP contribution in [0.15, 0.2) is 24.3 Å². The molecule has 116 valence electrons. The summed E-state index contributed by atoms with van der Waals surface area (Å²) in [6, 6.07) is 7.28. The van der Waals surface area contributed by atoms with E-state index in [4.69, 9.17) is 0 Å². The van der Waals surface area contributed by atoms with Gasteiger partial charge >= 0.3 is 0 Å². The molecule has 0 aliphatic heterocycles. The van der Waals surface area contributed by atoms with Crippen molar-refractivity contribution in [2.75, 3.05) is 18.9 Å². The minimum Gasteiger partial charge on any atom is -0.349 e. The highest BCUT2D eigenvalue weighted by atomic mass is 35.5. The molecular formula is C15H22ClN3O2. The summed E-state index contributed by atoms with van der Waals surface area (Å²) in [5.74, 6) is -0.138. The minimum atomic E-state index is -0.101. The Morgan fingerprint density at radius 2 is 1.76 bits per heavy atom. The first kappa shape index (κ1) is 17.5. The SMILES string of the molecule is CNCC(=O)Nc1ccc(C(=O)NC2CCCC2)cc1.Cl. The third-order valence-electron chi connectivity index (χ3n) is 3.46. The maximum absolute atomic E-state index is 12.0. The van der Waals surface area contributed by atoms with E-state index >= 15 is 0 Å². The van der Waals surface area contributed by atoms with Crippen LogP contribution in [0.5, 0.6) is 0 Å². The molecule has 0 radical (unpaired) electrons. The van der Waals surface area contributed by atoms with E-state index in [0.29, 0.717) is 17.3 Å². The first-order valence-corrected chi connectivity index (χ1v) is 7.04. The van der Waals surface area contributed by atoms with Crippen LogP contribution in [0.3, 0.4) is 0 Å². The predicted octanol–water partition coefficient (Wildman–Crippen LogP) is 1.94. The maximum Gasteiger partial charge on any atom is 0.251 e. The molecule has 2 amide bonds. The van der Waals surface area contributed by atoms with E-state index in [1.54, 1.807) is 31.3 Å². The highest BCUT2D eigenvalue weighted by Crippen LogP contribution is 2.18. The molecule has 1 aromatic carbocycles. The zero-order valence-corrected chi connectivity index (χ0v) is 13.0. The van der Waals surface area contributed by atoms with Crippen molar-refractivity contribution >= 4 is 29.9 Å². The fourth-order valence-corrected chi connectivity index (χ4v) is 2.41. The summed E-state index contributed by atoms with van der Waals surface area (Å²) in [5.41, 5.74) is 1.33. The van der Waals surface area contributed by atoms with E-state index in [2.05, 4.69) is 16.0 Å². The Morgan fingerprint density at radius 3 is 2.33 bits per heavy atom. The van der Waals surface area contributed by atoms with Gasteiger partial charge in [0.15, 0.2) is 0 Å². The summed E-state index contributed by atoms with van der Waals surface area (Å²) in [4.78, 5) is 23.4. The molecular weight excluding hydrogens is 290 g/mol. The average Bonchev–Trinajstić information content (AvgIpc) is 2.92. The summed E-state index contributed by atoms with van der Waals surface area (Å²) in [6.07, 6.45) is 4.54. The lowest BCUT2D eigenvalue weighted by molar-refractivity contribution is -0.115. The van der Waals surface area contributed by atoms with Crippen molar-refractivity contribution in [3.63, 3.8) is 0 Å². The van der Waals surface area contributed by atoms with Gasteiger partial charge < -0.3 is 16.0 Å². The zero-order chi connectivity index (χ0) is 14.4. The Labute approximate surface area is 131 Å². The van der Waals surface area contributed by atoms with Crippen molar-refractivity contribution < 1.29 is 9.59 Å². The van der Waals surface area contributed by atoms with Crippen molar-refractivity contribution in [1.82, 2.24) is 10.6 Å². The van der Waals surface area contributed by atoms with Gasteiger partial charge in [-0.15, -0.1) is 12.4 Å². The number of benzene rings is 1. The van der Waals surface area contributed by atoms with Gasteiger partial charge in [-0.25, -0.2) is 0 Å². The smallest absolute Gasteiger partial charge is 0.251 e. The van der Waals surface area contributed by atoms with E-state index in [0.717, 1.165) is 12.8 Å². The van der Waals surface area contributed by atoms with Crippen molar-refractivity contribution in [2.24, 2.45) is 0 Å². The van der Waals surface area contributed by atoms with Gasteiger partial charge in [-0.2, -0.15) is 0 Å². The number of carbonyl (C=O) groups is 2. The Bertz CT molecular complexity index is 470. The molecule has 0 saturated heterocycles. The van der Waals surface area contributed by atoms with Gasteiger partial charge in [0.2, 0.25) is 5.91 Å². The van der Waals surface area contributed by atoms with Crippen LogP contribution >= 0.6 is 12.4 Å². The number of halogens is 1. The number of rotatable bonds is 5. The fraction of sp³-hybridized carbons (Fsp3) is 0.467. The Morgan fingerprint density at radius 1 is 1.14 bits per heavy atom. The molecule has 0 heterocycles. The Balaban J connectivity index is 0.00000220. The summed E-state index contributed by atoms with van der Waals surface area (Å²) in [6.45, 7) is 0.268. The predicted molar refractivity (Wildman–Crippen MR) is 86.0 cm³/mol. The molecule has 1 aliphatic carbocycles. The second-order valence-electron chi connectivity index (χ2n) is 5.11. The minimum absolute atomic E-state index is 0. The number of carbonyl (C=O) groups excluding carboxylic acids is 2. The number of nitrogens with one attached hydrogen (secondary N) is 3. The molecule has 6 heteroatoms. The van der Waals surface area contributed by atoms with E-state index in [1.807, 2.05) is 0 Å². The monoisotopic (exact) mass is 311 g/mol. The van der Waals surface area contributed by atoms with Gasteiger partial charge in [0.05, 0.1) is 6.54 Å². The van der Waals surface area contributed by atoms with Crippen LogP contribution in [0.25, 0.3) is 0 Å². The summed E-state index contributed by atoms with van der Waals surface area (Å²) < 4.78 is 0. The van der Waals surface area contributed by atoms with Crippen LogP contribution in [-0.4, -0.2) is 31.4 Å². The third kappa shape index (κ3) is 5.36. The van der Waals surface area contributed by atoms with Crippen LogP contribution < -0.4 is 16.0 Å². The van der Waals surface area contributed by atoms with Crippen LogP contribution in [0.4, 0.5) is 5.69 Å². The van der Waals surface area contributed by atoms with Gasteiger partial charge in [-0.1, -0.05) is 12.8 Å². The molecule has 0 spiro atoms. The topological polar surface area (TPSA) is 70.2 Å². The van der Waals surface area contributed by atoms with Gasteiger partial charge in [-0.05, 0) is 44.2 Å². The third-order valence-corrected chi connectivity index (χ3v) is 3.46. The summed E-state index contributed by atoms with van der Waals surface area (Å²) >= 11 is 0. The lowest BCUT2D eigenvalue weighted by Crippen LogP contribution is -2.32. The van der Waals surface area contributed by atoms with Crippen molar-refractivity contribution in [3.8, 4) is 0 Å². The van der Waals surface area contributed by atoms with Crippen LogP contribution in [0, 0.1) is 0 Å². The molecule has 5 nitrogen and oxygen atoms in total. The Hall–Kier alpha value is -1.59. The number of anilines is 1. The van der Waals surface area contributed by atoms with Crippen molar-refractivity contribution in [1.29, 1.82) is 0 Å². The highest BCUT2D eigenvalue weighted by Gasteiger charge is 2.17. The number of hydrogen-bond donors (Lipinski definition) is 3. The molecule has 3 N–H and O–H groups in total. The zero-order valence-electron chi connectivity index (χ0n) is 12.1. The first-order chi connectivity index (χ1) is 9.69. The Kier molecular flexibility index (Phi) is 7.19. The normalized spacial score (nSPS) is 14.3. The second-order valence-corrected chi connectivity index (χ2v) is 5.11. The standard InChI is InChI=1S/C15H21N3O2.ClH/c1-16-10-14(19)17-13-8-6-11(7-9-13)15(20)18-12-4-2-3-5-12;/h6-9,12,16H,2-5,10H2,1H3,(H,17,19)(H,18,20);1H. The highest BCUT2D eigenvalue weighted by molar-refractivity contribution is 5.96. The molecule has 0 unspecified atom stereocenters. The van der Waals surface area contributed by atoms with Gasteiger partial charge in [0.25, 0.3) is 5.91 Å². The molecule has 2 rings (SSSR count).